The third kappa shape index (κ3) is 55.6. The second kappa shape index (κ2) is 57.3. The lowest BCUT2D eigenvalue weighted by Crippen LogP contribution is -2.30. The number of esters is 3. The Labute approximate surface area is 431 Å². The van der Waals surface area contributed by atoms with Crippen LogP contribution >= 0.6 is 0 Å². The van der Waals surface area contributed by atoms with Crippen molar-refractivity contribution in [2.75, 3.05) is 13.2 Å². The Kier molecular flexibility index (Phi) is 56.0. The Morgan fingerprint density at radius 1 is 0.290 bits per heavy atom. The van der Waals surface area contributed by atoms with Crippen LogP contribution in [0, 0.1) is 5.92 Å². The van der Waals surface area contributed by atoms with Crippen LogP contribution in [0.3, 0.4) is 0 Å². The minimum Gasteiger partial charge on any atom is -0.462 e. The first-order valence-corrected chi connectivity index (χ1v) is 31.4. The Morgan fingerprint density at radius 3 is 0.754 bits per heavy atom. The van der Waals surface area contributed by atoms with Crippen molar-refractivity contribution in [3.63, 3.8) is 0 Å². The molecule has 69 heavy (non-hydrogen) atoms. The molecule has 0 aliphatic carbocycles. The molecule has 0 aromatic carbocycles. The predicted octanol–water partition coefficient (Wildman–Crippen LogP) is 21.0. The van der Waals surface area contributed by atoms with Crippen molar-refractivity contribution in [2.24, 2.45) is 5.92 Å². The molecule has 0 aromatic heterocycles. The van der Waals surface area contributed by atoms with Gasteiger partial charge in [-0.1, -0.05) is 323 Å². The third-order valence-electron chi connectivity index (χ3n) is 14.9. The second-order valence-electron chi connectivity index (χ2n) is 21.9. The minimum atomic E-state index is -0.763. The van der Waals surface area contributed by atoms with Gasteiger partial charge in [-0.3, -0.25) is 14.4 Å². The van der Waals surface area contributed by atoms with Crippen LogP contribution in [0.15, 0.2) is 0 Å². The molecule has 1 unspecified atom stereocenters. The van der Waals surface area contributed by atoms with Gasteiger partial charge in [-0.05, 0) is 25.2 Å². The second-order valence-corrected chi connectivity index (χ2v) is 21.9. The summed E-state index contributed by atoms with van der Waals surface area (Å²) in [5.41, 5.74) is 0. The van der Waals surface area contributed by atoms with Gasteiger partial charge in [-0.25, -0.2) is 0 Å². The molecule has 0 saturated carbocycles. The fraction of sp³-hybridized carbons (Fsp3) is 0.952. The lowest BCUT2D eigenvalue weighted by molar-refractivity contribution is -0.167. The van der Waals surface area contributed by atoms with Crippen LogP contribution in [0.5, 0.6) is 0 Å². The number of ether oxygens (including phenoxy) is 3. The van der Waals surface area contributed by atoms with Crippen LogP contribution in [-0.2, 0) is 28.6 Å². The van der Waals surface area contributed by atoms with Crippen molar-refractivity contribution in [1.82, 2.24) is 0 Å². The summed E-state index contributed by atoms with van der Waals surface area (Å²) in [4.78, 5) is 38.3. The van der Waals surface area contributed by atoms with Crippen molar-refractivity contribution in [1.29, 1.82) is 0 Å². The molecule has 6 heteroatoms. The number of unbranched alkanes of at least 4 members (excludes halogenated alkanes) is 44. The first-order valence-electron chi connectivity index (χ1n) is 31.4. The molecule has 0 aliphatic heterocycles. The zero-order valence-electron chi connectivity index (χ0n) is 47.3. The molecular formula is C63H122O6. The molecule has 2 atom stereocenters. The topological polar surface area (TPSA) is 78.9 Å². The summed E-state index contributed by atoms with van der Waals surface area (Å²) < 4.78 is 16.9. The zero-order chi connectivity index (χ0) is 50.2. The molecule has 0 aromatic rings. The molecule has 0 N–H and O–H groups in total. The molecule has 0 amide bonds. The molecule has 6 nitrogen and oxygen atoms in total. The largest absolute Gasteiger partial charge is 0.462 e. The lowest BCUT2D eigenvalue weighted by Gasteiger charge is -2.18. The zero-order valence-corrected chi connectivity index (χ0v) is 47.3. The van der Waals surface area contributed by atoms with E-state index in [1.807, 2.05) is 0 Å². The quantitative estimate of drug-likeness (QED) is 0.0343. The van der Waals surface area contributed by atoms with E-state index in [9.17, 15) is 14.4 Å². The first-order chi connectivity index (χ1) is 33.9. The Morgan fingerprint density at radius 2 is 0.507 bits per heavy atom. The van der Waals surface area contributed by atoms with Crippen LogP contribution in [0.1, 0.15) is 362 Å². The van der Waals surface area contributed by atoms with E-state index in [0.29, 0.717) is 19.3 Å². The Hall–Kier alpha value is -1.59. The Balaban J connectivity index is 4.29. The number of hydrogen-bond acceptors (Lipinski definition) is 6. The van der Waals surface area contributed by atoms with Gasteiger partial charge in [0.2, 0.25) is 0 Å². The molecule has 0 radical (unpaired) electrons. The summed E-state index contributed by atoms with van der Waals surface area (Å²) in [6.45, 7) is 9.12. The van der Waals surface area contributed by atoms with E-state index in [-0.39, 0.29) is 31.1 Å². The van der Waals surface area contributed by atoms with Crippen LogP contribution in [-0.4, -0.2) is 37.2 Å². The van der Waals surface area contributed by atoms with Gasteiger partial charge in [0.05, 0.1) is 0 Å². The average Bonchev–Trinajstić information content (AvgIpc) is 3.35. The molecule has 0 aliphatic rings. The van der Waals surface area contributed by atoms with Crippen molar-refractivity contribution in [3.05, 3.63) is 0 Å². The van der Waals surface area contributed by atoms with E-state index in [2.05, 4.69) is 27.7 Å². The summed E-state index contributed by atoms with van der Waals surface area (Å²) in [6, 6.07) is 0. The SMILES string of the molecule is CCCCCCCCCCCCCCCCCCCCC(=O)OC[C@@H](COC(=O)CCCCCCCCCCCCCCCCC)OC(=O)CCCCCCCCCCCCCCCCC(C)CC. The van der Waals surface area contributed by atoms with Gasteiger partial charge in [0.15, 0.2) is 6.10 Å². The third-order valence-corrected chi connectivity index (χ3v) is 14.9. The van der Waals surface area contributed by atoms with Crippen LogP contribution < -0.4 is 0 Å². The van der Waals surface area contributed by atoms with E-state index >= 15 is 0 Å². The van der Waals surface area contributed by atoms with Crippen molar-refractivity contribution in [2.45, 2.75) is 368 Å². The van der Waals surface area contributed by atoms with Gasteiger partial charge >= 0.3 is 17.9 Å². The summed E-state index contributed by atoms with van der Waals surface area (Å²) in [5.74, 6) is 0.0658. The molecular weight excluding hydrogens is 853 g/mol. The van der Waals surface area contributed by atoms with Gasteiger partial charge in [-0.2, -0.15) is 0 Å². The number of hydrogen-bond donors (Lipinski definition) is 0. The van der Waals surface area contributed by atoms with Gasteiger partial charge in [0.25, 0.3) is 0 Å². The van der Waals surface area contributed by atoms with E-state index in [0.717, 1.165) is 63.7 Å². The van der Waals surface area contributed by atoms with E-state index in [1.165, 1.54) is 257 Å². The molecule has 0 rings (SSSR count). The lowest BCUT2D eigenvalue weighted by atomic mass is 9.99. The summed E-state index contributed by atoms with van der Waals surface area (Å²) in [6.07, 6.45) is 63.8. The van der Waals surface area contributed by atoms with Crippen LogP contribution in [0.2, 0.25) is 0 Å². The van der Waals surface area contributed by atoms with E-state index in [4.69, 9.17) is 14.2 Å². The number of carbonyl (C=O) groups excluding carboxylic acids is 3. The van der Waals surface area contributed by atoms with Crippen molar-refractivity contribution in [3.8, 4) is 0 Å². The van der Waals surface area contributed by atoms with Crippen molar-refractivity contribution < 1.29 is 28.6 Å². The predicted molar refractivity (Wildman–Crippen MR) is 298 cm³/mol. The molecule has 0 spiro atoms. The smallest absolute Gasteiger partial charge is 0.306 e. The van der Waals surface area contributed by atoms with Gasteiger partial charge < -0.3 is 14.2 Å². The van der Waals surface area contributed by atoms with Gasteiger partial charge in [-0.15, -0.1) is 0 Å². The summed E-state index contributed by atoms with van der Waals surface area (Å²) in [5, 5.41) is 0. The fourth-order valence-corrected chi connectivity index (χ4v) is 9.78. The van der Waals surface area contributed by atoms with E-state index < -0.39 is 6.10 Å². The molecule has 0 bridgehead atoms. The molecule has 0 heterocycles. The van der Waals surface area contributed by atoms with Crippen LogP contribution in [0.25, 0.3) is 0 Å². The number of carbonyl (C=O) groups is 3. The monoisotopic (exact) mass is 975 g/mol. The summed E-state index contributed by atoms with van der Waals surface area (Å²) >= 11 is 0. The first kappa shape index (κ1) is 67.4. The van der Waals surface area contributed by atoms with E-state index in [1.54, 1.807) is 0 Å². The van der Waals surface area contributed by atoms with Crippen LogP contribution in [0.4, 0.5) is 0 Å². The fourth-order valence-electron chi connectivity index (χ4n) is 9.78. The van der Waals surface area contributed by atoms with Gasteiger partial charge in [0, 0.05) is 19.3 Å². The summed E-state index contributed by atoms with van der Waals surface area (Å²) in [7, 11) is 0. The normalized spacial score (nSPS) is 12.3. The van der Waals surface area contributed by atoms with Crippen molar-refractivity contribution >= 4 is 17.9 Å². The maximum Gasteiger partial charge on any atom is 0.306 e. The highest BCUT2D eigenvalue weighted by Gasteiger charge is 2.19. The highest BCUT2D eigenvalue weighted by molar-refractivity contribution is 5.71. The maximum atomic E-state index is 12.9. The highest BCUT2D eigenvalue weighted by Crippen LogP contribution is 2.19. The standard InChI is InChI=1S/C63H122O6/c1-5-8-10-12-14-16-18-20-22-23-24-26-31-35-39-43-47-51-55-62(65)68-58-60(57-67-61(64)54-50-46-42-38-34-30-25-21-19-17-15-13-11-9-6-2)69-63(66)56-52-48-44-40-36-32-28-27-29-33-37-41-45-49-53-59(4)7-3/h59-60H,5-58H2,1-4H3/t59?,60-/m1/s1. The maximum absolute atomic E-state index is 12.9. The Bertz CT molecular complexity index is 1040. The van der Waals surface area contributed by atoms with Gasteiger partial charge in [0.1, 0.15) is 13.2 Å². The molecule has 0 fully saturated rings. The average molecular weight is 976 g/mol. The number of rotatable bonds is 58. The highest BCUT2D eigenvalue weighted by atomic mass is 16.6. The minimum absolute atomic E-state index is 0.0613. The molecule has 0 saturated heterocycles. The molecule has 410 valence electrons.